The van der Waals surface area contributed by atoms with Gasteiger partial charge in [-0.2, -0.15) is 0 Å². The number of hydrogen-bond acceptors (Lipinski definition) is 8. The highest BCUT2D eigenvalue weighted by Gasteiger charge is 2.37. The number of aliphatic hydroxyl groups excluding tert-OH is 3. The van der Waals surface area contributed by atoms with Gasteiger partial charge in [0.25, 0.3) is 0 Å². The van der Waals surface area contributed by atoms with Crippen LogP contribution < -0.4 is 5.73 Å². The monoisotopic (exact) mass is 301 g/mol. The Bertz CT molecular complexity index is 615. The van der Waals surface area contributed by atoms with Crippen molar-refractivity contribution in [3.63, 3.8) is 0 Å². The average Bonchev–Trinajstić information content (AvgIpc) is 2.99. The predicted molar refractivity (Wildman–Crippen MR) is 71.0 cm³/mol. The molecule has 1 aliphatic heterocycles. The van der Waals surface area contributed by atoms with Crippen LogP contribution in [0.25, 0.3) is 11.2 Å². The van der Waals surface area contributed by atoms with Crippen molar-refractivity contribution >= 4 is 23.4 Å². The van der Waals surface area contributed by atoms with E-state index in [-0.39, 0.29) is 6.61 Å². The number of aromatic amines is 2. The molecule has 0 radical (unpaired) electrons. The molecule has 0 spiro atoms. The minimum atomic E-state index is -1.23. The maximum Gasteiger partial charge on any atom is 0.159 e. The molecule has 7 N–H and O–H groups in total. The van der Waals surface area contributed by atoms with Crippen LogP contribution in [0.4, 0.5) is 0 Å². The van der Waals surface area contributed by atoms with Crippen LogP contribution in [0.2, 0.25) is 0 Å². The summed E-state index contributed by atoms with van der Waals surface area (Å²) in [4.78, 5) is 13.6. The highest BCUT2D eigenvalue weighted by Crippen LogP contribution is 2.14. The van der Waals surface area contributed by atoms with Gasteiger partial charge in [0.2, 0.25) is 0 Å². The molecule has 0 aromatic carbocycles. The number of nitrogens with one attached hydrogen (secondary N) is 2. The molecule has 0 aliphatic carbocycles. The van der Waals surface area contributed by atoms with E-state index < -0.39 is 24.5 Å². The summed E-state index contributed by atoms with van der Waals surface area (Å²) in [6.07, 6.45) is -0.963. The van der Waals surface area contributed by atoms with Crippen LogP contribution in [0.5, 0.6) is 0 Å². The van der Waals surface area contributed by atoms with E-state index in [1.54, 1.807) is 6.33 Å². The number of imidazole rings is 1. The summed E-state index contributed by atoms with van der Waals surface area (Å²) in [7, 11) is 0. The van der Waals surface area contributed by atoms with Gasteiger partial charge < -0.3 is 35.8 Å². The Kier molecular flexibility index (Phi) is 4.75. The quantitative estimate of drug-likeness (QED) is 0.272. The number of ether oxygens (including phenoxy) is 1. The Labute approximate surface area is 118 Å². The van der Waals surface area contributed by atoms with E-state index >= 15 is 0 Å². The highest BCUT2D eigenvalue weighted by molar-refractivity contribution is 7.71. The first-order valence-electron chi connectivity index (χ1n) is 5.79. The fourth-order valence-corrected chi connectivity index (χ4v) is 1.92. The smallest absolute Gasteiger partial charge is 0.159 e. The van der Waals surface area contributed by atoms with Gasteiger partial charge in [-0.25, -0.2) is 9.97 Å². The number of aliphatic hydroxyl groups is 3. The Balaban J connectivity index is 0.000000147. The number of fused-ring (bicyclic) bond motifs is 1. The summed E-state index contributed by atoms with van der Waals surface area (Å²) in [5, 5.41) is 26.6. The molecule has 2 aromatic heterocycles. The highest BCUT2D eigenvalue weighted by atomic mass is 32.1. The maximum atomic E-state index is 9.01. The van der Waals surface area contributed by atoms with Crippen molar-refractivity contribution in [2.24, 2.45) is 5.73 Å². The number of H-pyrrole nitrogens is 2. The van der Waals surface area contributed by atoms with Gasteiger partial charge in [-0.3, -0.25) is 0 Å². The van der Waals surface area contributed by atoms with E-state index in [9.17, 15) is 0 Å². The van der Waals surface area contributed by atoms with Gasteiger partial charge in [0.05, 0.1) is 19.3 Å². The van der Waals surface area contributed by atoms with Crippen molar-refractivity contribution in [3.05, 3.63) is 17.3 Å². The second kappa shape index (κ2) is 6.35. The lowest BCUT2D eigenvalue weighted by atomic mass is 10.1. The van der Waals surface area contributed by atoms with Gasteiger partial charge in [-0.05, 0) is 0 Å². The van der Waals surface area contributed by atoms with Gasteiger partial charge in [0, 0.05) is 0 Å². The number of hydrogen-bond donors (Lipinski definition) is 6. The third-order valence-corrected chi connectivity index (χ3v) is 3.07. The van der Waals surface area contributed by atoms with Crippen molar-refractivity contribution in [2.45, 2.75) is 24.5 Å². The molecular formula is C10H15N5O4S. The molecule has 4 atom stereocenters. The summed E-state index contributed by atoms with van der Waals surface area (Å²) in [5.74, 6) is 0. The minimum absolute atomic E-state index is 0.0279. The first kappa shape index (κ1) is 15.0. The molecule has 0 amide bonds. The van der Waals surface area contributed by atoms with Gasteiger partial charge >= 0.3 is 0 Å². The topological polar surface area (TPSA) is 153 Å². The predicted octanol–water partition coefficient (Wildman–Crippen LogP) is -1.60. The standard InChI is InChI=1S/C5H4N4S.C5H11NO4/c10-5-3-4(7-1-6-3)8-2-9-5;6-5(9)4-3(8)2(7)1-10-4/h1-2H,(H2,6,7,8,9,10);2-5,7-9H,1,6H2/t;2-,3-,4-,5?/m.0/s1. The van der Waals surface area contributed by atoms with Crippen molar-refractivity contribution in [1.82, 2.24) is 19.9 Å². The number of nitrogens with two attached hydrogens (primary N) is 1. The normalized spacial score (nSPS) is 27.1. The van der Waals surface area contributed by atoms with Crippen LogP contribution >= 0.6 is 12.2 Å². The lowest BCUT2D eigenvalue weighted by Crippen LogP contribution is -2.43. The number of rotatable bonds is 1. The lowest BCUT2D eigenvalue weighted by molar-refractivity contribution is -0.0477. The van der Waals surface area contributed by atoms with Crippen molar-refractivity contribution < 1.29 is 20.1 Å². The molecular weight excluding hydrogens is 286 g/mol. The van der Waals surface area contributed by atoms with Crippen LogP contribution in [0.15, 0.2) is 12.7 Å². The van der Waals surface area contributed by atoms with Crippen molar-refractivity contribution in [2.75, 3.05) is 6.61 Å². The lowest BCUT2D eigenvalue weighted by Gasteiger charge is -2.16. The number of nitrogens with zero attached hydrogens (tertiary/aromatic N) is 2. The largest absolute Gasteiger partial charge is 0.388 e. The first-order chi connectivity index (χ1) is 9.50. The first-order valence-corrected chi connectivity index (χ1v) is 6.19. The molecule has 10 heteroatoms. The third-order valence-electron chi connectivity index (χ3n) is 2.76. The molecule has 0 bridgehead atoms. The van der Waals surface area contributed by atoms with Crippen molar-refractivity contribution in [1.29, 1.82) is 0 Å². The minimum Gasteiger partial charge on any atom is -0.388 e. The second-order valence-electron chi connectivity index (χ2n) is 4.18. The molecule has 0 saturated carbocycles. The average molecular weight is 301 g/mol. The SMILES string of the molecule is NC(O)[C@H]1OC[C@H](O)[C@@H]1O.S=c1nc[nH]c2nc[nH]c12. The zero-order valence-electron chi connectivity index (χ0n) is 10.3. The molecule has 2 aromatic rings. The summed E-state index contributed by atoms with van der Waals surface area (Å²) < 4.78 is 5.31. The van der Waals surface area contributed by atoms with E-state index in [1.807, 2.05) is 0 Å². The van der Waals surface area contributed by atoms with E-state index in [4.69, 9.17) is 38.0 Å². The molecule has 3 rings (SSSR count). The summed E-state index contributed by atoms with van der Waals surface area (Å²) in [6, 6.07) is 0. The Hall–Kier alpha value is -1.43. The van der Waals surface area contributed by atoms with E-state index in [0.29, 0.717) is 4.64 Å². The zero-order chi connectivity index (χ0) is 14.7. The van der Waals surface area contributed by atoms with Gasteiger partial charge in [-0.15, -0.1) is 0 Å². The fourth-order valence-electron chi connectivity index (χ4n) is 1.71. The molecule has 20 heavy (non-hydrogen) atoms. The van der Waals surface area contributed by atoms with Gasteiger partial charge in [0.15, 0.2) is 10.3 Å². The maximum absolute atomic E-state index is 9.01. The van der Waals surface area contributed by atoms with E-state index in [1.165, 1.54) is 6.33 Å². The van der Waals surface area contributed by atoms with Gasteiger partial charge in [0.1, 0.15) is 30.1 Å². The van der Waals surface area contributed by atoms with E-state index in [0.717, 1.165) is 11.2 Å². The van der Waals surface area contributed by atoms with Crippen LogP contribution in [0, 0.1) is 4.64 Å². The van der Waals surface area contributed by atoms with Crippen LogP contribution in [-0.2, 0) is 4.74 Å². The molecule has 110 valence electrons. The summed E-state index contributed by atoms with van der Waals surface area (Å²) >= 11 is 4.91. The molecule has 9 nitrogen and oxygen atoms in total. The molecule has 1 saturated heterocycles. The van der Waals surface area contributed by atoms with E-state index in [2.05, 4.69) is 19.9 Å². The van der Waals surface area contributed by atoms with Crippen LogP contribution in [-0.4, -0.2) is 66.4 Å². The third kappa shape index (κ3) is 3.17. The summed E-state index contributed by atoms with van der Waals surface area (Å²) in [5.41, 5.74) is 6.55. The molecule has 1 aliphatic rings. The fraction of sp³-hybridized carbons (Fsp3) is 0.500. The Morgan fingerprint density at radius 3 is 2.55 bits per heavy atom. The zero-order valence-corrected chi connectivity index (χ0v) is 11.1. The summed E-state index contributed by atoms with van der Waals surface area (Å²) in [6.45, 7) is 0.0279. The number of aromatic nitrogens is 4. The van der Waals surface area contributed by atoms with Gasteiger partial charge in [-0.1, -0.05) is 12.2 Å². The molecule has 3 heterocycles. The van der Waals surface area contributed by atoms with Crippen LogP contribution in [0.1, 0.15) is 0 Å². The Morgan fingerprint density at radius 2 is 2.05 bits per heavy atom. The second-order valence-corrected chi connectivity index (χ2v) is 4.57. The Morgan fingerprint density at radius 1 is 1.35 bits per heavy atom. The molecule has 1 unspecified atom stereocenters. The van der Waals surface area contributed by atoms with Crippen molar-refractivity contribution in [3.8, 4) is 0 Å². The molecule has 1 fully saturated rings. The van der Waals surface area contributed by atoms with Crippen LogP contribution in [0.3, 0.4) is 0 Å².